The number of fused-ring (bicyclic) bond motifs is 1. The third-order valence-electron chi connectivity index (χ3n) is 7.94. The van der Waals surface area contributed by atoms with Crippen LogP contribution in [0.2, 0.25) is 10.0 Å². The first-order chi connectivity index (χ1) is 17.8. The Kier molecular flexibility index (Phi) is 7.93. The smallest absolute Gasteiger partial charge is 0.246 e. The number of carbonyl (C=O) groups excluding carboxylic acids is 1. The van der Waals surface area contributed by atoms with Gasteiger partial charge in [-0.05, 0) is 86.2 Å². The lowest BCUT2D eigenvalue weighted by molar-refractivity contribution is -0.140. The fraction of sp³-hybridized carbons (Fsp3) is 0.414. The highest BCUT2D eigenvalue weighted by atomic mass is 35.5. The van der Waals surface area contributed by atoms with E-state index >= 15 is 0 Å². The second-order valence-electron chi connectivity index (χ2n) is 10.3. The number of β-amino-alcohol motifs (C(OH)–C–C–N with tert-alkyl or cyclic N) is 1. The minimum Gasteiger partial charge on any atom is -0.389 e. The Morgan fingerprint density at radius 3 is 2.46 bits per heavy atom. The molecule has 2 fully saturated rings. The van der Waals surface area contributed by atoms with Gasteiger partial charge in [-0.1, -0.05) is 41.4 Å². The van der Waals surface area contributed by atoms with Gasteiger partial charge >= 0.3 is 0 Å². The number of aliphatic hydroxyl groups excluding tert-OH is 1. The summed E-state index contributed by atoms with van der Waals surface area (Å²) in [5.41, 5.74) is 2.11. The van der Waals surface area contributed by atoms with Gasteiger partial charge in [0.2, 0.25) is 5.91 Å². The van der Waals surface area contributed by atoms with Crippen LogP contribution in [0.5, 0.6) is 0 Å². The van der Waals surface area contributed by atoms with Gasteiger partial charge in [-0.25, -0.2) is 0 Å². The van der Waals surface area contributed by atoms with Crippen LogP contribution in [0.1, 0.15) is 42.7 Å². The molecule has 1 atom stereocenters. The van der Waals surface area contributed by atoms with E-state index in [-0.39, 0.29) is 5.91 Å². The van der Waals surface area contributed by atoms with Crippen molar-refractivity contribution in [3.05, 3.63) is 75.9 Å². The summed E-state index contributed by atoms with van der Waals surface area (Å²) in [5.74, 6) is 0.366. The van der Waals surface area contributed by atoms with E-state index in [9.17, 15) is 15.0 Å². The van der Waals surface area contributed by atoms with Crippen molar-refractivity contribution in [3.63, 3.8) is 0 Å². The average Bonchev–Trinajstić information content (AvgIpc) is 3.32. The topological polar surface area (TPSA) is 79.8 Å². The van der Waals surface area contributed by atoms with E-state index in [1.165, 1.54) is 22.5 Å². The molecule has 2 aliphatic heterocycles. The van der Waals surface area contributed by atoms with Crippen LogP contribution < -0.4 is 0 Å². The normalized spacial score (nSPS) is 20.1. The zero-order chi connectivity index (χ0) is 26.0. The van der Waals surface area contributed by atoms with Crippen molar-refractivity contribution in [1.82, 2.24) is 14.8 Å². The summed E-state index contributed by atoms with van der Waals surface area (Å²) in [4.78, 5) is 20.0. The van der Waals surface area contributed by atoms with Crippen LogP contribution in [0, 0.1) is 0 Å². The fourth-order valence-electron chi connectivity index (χ4n) is 5.66. The van der Waals surface area contributed by atoms with E-state index in [0.29, 0.717) is 48.4 Å². The Morgan fingerprint density at radius 2 is 1.76 bits per heavy atom. The molecule has 37 heavy (non-hydrogen) atoms. The quantitative estimate of drug-likeness (QED) is 0.380. The monoisotopic (exact) mass is 541 g/mol. The lowest BCUT2D eigenvalue weighted by Gasteiger charge is -2.43. The lowest BCUT2D eigenvalue weighted by Crippen LogP contribution is -2.56. The molecule has 0 bridgehead atoms. The number of aliphatic hydroxyl groups is 2. The van der Waals surface area contributed by atoms with Crippen molar-refractivity contribution in [3.8, 4) is 0 Å². The second kappa shape index (κ2) is 11.2. The Balaban J connectivity index is 1.10. The third-order valence-corrected chi connectivity index (χ3v) is 8.38. The molecule has 3 aromatic rings. The number of amides is 1. The highest BCUT2D eigenvalue weighted by Gasteiger charge is 2.40. The molecule has 2 aliphatic rings. The van der Waals surface area contributed by atoms with Crippen LogP contribution >= 0.6 is 23.2 Å². The molecule has 1 amide bonds. The first-order valence-corrected chi connectivity index (χ1v) is 13.7. The molecule has 196 valence electrons. The van der Waals surface area contributed by atoms with Crippen LogP contribution in [-0.2, 0) is 4.79 Å². The van der Waals surface area contributed by atoms with E-state index in [1.807, 2.05) is 6.07 Å². The Labute approximate surface area is 227 Å². The first-order valence-electron chi connectivity index (χ1n) is 12.9. The molecule has 2 aromatic carbocycles. The van der Waals surface area contributed by atoms with Crippen molar-refractivity contribution in [2.75, 3.05) is 32.7 Å². The van der Waals surface area contributed by atoms with E-state index in [4.69, 9.17) is 23.2 Å². The first kappa shape index (κ1) is 26.3. The summed E-state index contributed by atoms with van der Waals surface area (Å²) in [6, 6.07) is 13.5. The predicted molar refractivity (Wildman–Crippen MR) is 149 cm³/mol. The largest absolute Gasteiger partial charge is 0.389 e. The molecule has 0 aliphatic carbocycles. The average molecular weight is 543 g/mol. The molecular weight excluding hydrogens is 509 g/mol. The maximum absolute atomic E-state index is 12.7. The molecule has 2 saturated heterocycles. The maximum Gasteiger partial charge on any atom is 0.246 e. The lowest BCUT2D eigenvalue weighted by atomic mass is 9.84. The van der Waals surface area contributed by atoms with E-state index in [1.54, 1.807) is 29.2 Å². The minimum atomic E-state index is -1.19. The molecular formula is C29H33Cl2N3O3. The standard InChI is InChI=1S/C29H33Cl2N3O3/c30-22-15-20(16-23(31)17-22)5-6-28(36)34-13-9-29(37,10-14-34)27(35)19-33-11-7-21(8-12-33)25-18-32-26-4-2-1-3-24(25)26/h1-6,15-18,21,27,32,35,37H,7-14,19H2/b6-5+. The number of aromatic amines is 1. The van der Waals surface area contributed by atoms with Crippen molar-refractivity contribution in [1.29, 1.82) is 0 Å². The van der Waals surface area contributed by atoms with Gasteiger partial charge in [0.25, 0.3) is 0 Å². The van der Waals surface area contributed by atoms with E-state index in [2.05, 4.69) is 34.3 Å². The Hall–Kier alpha value is -2.35. The van der Waals surface area contributed by atoms with Crippen LogP contribution in [-0.4, -0.2) is 75.3 Å². The van der Waals surface area contributed by atoms with Crippen molar-refractivity contribution in [2.45, 2.75) is 43.3 Å². The summed E-state index contributed by atoms with van der Waals surface area (Å²) in [6.07, 6.45) is 7.23. The number of benzene rings is 2. The van der Waals surface area contributed by atoms with Crippen LogP contribution in [0.15, 0.2) is 54.7 Å². The Morgan fingerprint density at radius 1 is 1.08 bits per heavy atom. The number of nitrogens with zero attached hydrogens (tertiary/aromatic N) is 2. The molecule has 0 spiro atoms. The number of likely N-dealkylation sites (tertiary alicyclic amines) is 2. The maximum atomic E-state index is 12.7. The predicted octanol–water partition coefficient (Wildman–Crippen LogP) is 5.08. The van der Waals surface area contributed by atoms with Gasteiger partial charge in [0.15, 0.2) is 0 Å². The number of nitrogens with one attached hydrogen (secondary N) is 1. The number of hydrogen-bond acceptors (Lipinski definition) is 4. The second-order valence-corrected chi connectivity index (χ2v) is 11.2. The number of halogens is 2. The van der Waals surface area contributed by atoms with Crippen molar-refractivity contribution < 1.29 is 15.0 Å². The van der Waals surface area contributed by atoms with E-state index < -0.39 is 11.7 Å². The van der Waals surface area contributed by atoms with Crippen molar-refractivity contribution >= 4 is 46.1 Å². The number of H-pyrrole nitrogens is 1. The van der Waals surface area contributed by atoms with Gasteiger partial charge in [0.05, 0.1) is 11.7 Å². The molecule has 1 unspecified atom stereocenters. The zero-order valence-corrected chi connectivity index (χ0v) is 22.3. The number of aromatic nitrogens is 1. The van der Waals surface area contributed by atoms with Gasteiger partial charge in [-0.3, -0.25) is 4.79 Å². The molecule has 5 rings (SSSR count). The third kappa shape index (κ3) is 6.05. The number of carbonyl (C=O) groups is 1. The molecule has 3 heterocycles. The van der Waals surface area contributed by atoms with Gasteiger partial charge in [0, 0.05) is 52.9 Å². The highest BCUT2D eigenvalue weighted by molar-refractivity contribution is 6.34. The molecule has 3 N–H and O–H groups in total. The molecule has 8 heteroatoms. The minimum absolute atomic E-state index is 0.132. The van der Waals surface area contributed by atoms with Gasteiger partial charge < -0.3 is 25.0 Å². The summed E-state index contributed by atoms with van der Waals surface area (Å²) in [7, 11) is 0. The molecule has 1 aromatic heterocycles. The number of hydrogen-bond donors (Lipinski definition) is 3. The van der Waals surface area contributed by atoms with Gasteiger partial charge in [-0.15, -0.1) is 0 Å². The van der Waals surface area contributed by atoms with Crippen LogP contribution in [0.4, 0.5) is 0 Å². The molecule has 0 saturated carbocycles. The summed E-state index contributed by atoms with van der Waals surface area (Å²) < 4.78 is 0. The summed E-state index contributed by atoms with van der Waals surface area (Å²) in [5, 5.41) is 24.5. The summed E-state index contributed by atoms with van der Waals surface area (Å²) >= 11 is 12.1. The zero-order valence-electron chi connectivity index (χ0n) is 20.7. The van der Waals surface area contributed by atoms with Crippen molar-refractivity contribution in [2.24, 2.45) is 0 Å². The number of para-hydroxylation sites is 1. The van der Waals surface area contributed by atoms with Crippen LogP contribution in [0.3, 0.4) is 0 Å². The fourth-order valence-corrected chi connectivity index (χ4v) is 6.21. The number of piperidine rings is 2. The number of rotatable bonds is 6. The van der Waals surface area contributed by atoms with Gasteiger partial charge in [-0.2, -0.15) is 0 Å². The van der Waals surface area contributed by atoms with Crippen LogP contribution in [0.25, 0.3) is 17.0 Å². The summed E-state index contributed by atoms with van der Waals surface area (Å²) in [6.45, 7) is 3.02. The van der Waals surface area contributed by atoms with Gasteiger partial charge in [0.1, 0.15) is 0 Å². The highest BCUT2D eigenvalue weighted by Crippen LogP contribution is 2.34. The molecule has 0 radical (unpaired) electrons. The Bertz CT molecular complexity index is 1250. The molecule has 6 nitrogen and oxygen atoms in total. The van der Waals surface area contributed by atoms with E-state index in [0.717, 1.165) is 31.5 Å². The SMILES string of the molecule is O=C(/C=C/c1cc(Cl)cc(Cl)c1)N1CCC(O)(C(O)CN2CCC(c3c[nH]c4ccccc34)CC2)CC1.